The normalized spacial score (nSPS) is 23.0. The van der Waals surface area contributed by atoms with Crippen molar-refractivity contribution in [2.24, 2.45) is 17.6 Å². The van der Waals surface area contributed by atoms with Gasteiger partial charge in [-0.2, -0.15) is 0 Å². The van der Waals surface area contributed by atoms with Gasteiger partial charge >= 0.3 is 0 Å². The summed E-state index contributed by atoms with van der Waals surface area (Å²) >= 11 is 0. The number of likely N-dealkylation sites (N-methyl/N-ethyl adjacent to an activating group) is 1. The van der Waals surface area contributed by atoms with E-state index in [4.69, 9.17) is 5.73 Å². The van der Waals surface area contributed by atoms with E-state index in [9.17, 15) is 4.79 Å². The highest BCUT2D eigenvalue weighted by Crippen LogP contribution is 2.35. The second-order valence-electron chi connectivity index (χ2n) is 6.30. The Balaban J connectivity index is 1.69. The van der Waals surface area contributed by atoms with E-state index in [-0.39, 0.29) is 12.0 Å². The van der Waals surface area contributed by atoms with Crippen LogP contribution in [0.15, 0.2) is 24.3 Å². The zero-order chi connectivity index (χ0) is 14.1. The summed E-state index contributed by atoms with van der Waals surface area (Å²) in [7, 11) is 1.94. The number of fused-ring (bicyclic) bond motifs is 1. The zero-order valence-electron chi connectivity index (χ0n) is 12.2. The fourth-order valence-corrected chi connectivity index (χ4v) is 3.51. The first-order chi connectivity index (χ1) is 9.70. The van der Waals surface area contributed by atoms with Gasteiger partial charge in [-0.15, -0.1) is 0 Å². The van der Waals surface area contributed by atoms with E-state index < -0.39 is 0 Å². The molecular formula is C17H24N2O. The van der Waals surface area contributed by atoms with E-state index in [1.165, 1.54) is 24.0 Å². The van der Waals surface area contributed by atoms with E-state index in [0.29, 0.717) is 18.4 Å². The van der Waals surface area contributed by atoms with Crippen molar-refractivity contribution in [1.29, 1.82) is 0 Å². The Morgan fingerprint density at radius 1 is 1.30 bits per heavy atom. The highest BCUT2D eigenvalue weighted by atomic mass is 16.2. The van der Waals surface area contributed by atoms with Gasteiger partial charge in [-0.25, -0.2) is 0 Å². The first-order valence-corrected chi connectivity index (χ1v) is 7.74. The van der Waals surface area contributed by atoms with Gasteiger partial charge < -0.3 is 10.6 Å². The van der Waals surface area contributed by atoms with Crippen LogP contribution >= 0.6 is 0 Å². The van der Waals surface area contributed by atoms with Gasteiger partial charge in [0.25, 0.3) is 0 Å². The van der Waals surface area contributed by atoms with Crippen molar-refractivity contribution in [2.75, 3.05) is 13.6 Å². The molecule has 1 aromatic rings. The van der Waals surface area contributed by atoms with Crippen molar-refractivity contribution in [3.05, 3.63) is 35.4 Å². The molecule has 0 radical (unpaired) electrons. The van der Waals surface area contributed by atoms with Gasteiger partial charge in [0, 0.05) is 25.6 Å². The summed E-state index contributed by atoms with van der Waals surface area (Å²) in [4.78, 5) is 14.7. The van der Waals surface area contributed by atoms with Gasteiger partial charge in [-0.1, -0.05) is 24.3 Å². The summed E-state index contributed by atoms with van der Waals surface area (Å²) < 4.78 is 0. The number of aryl methyl sites for hydroxylation is 1. The maximum absolute atomic E-state index is 12.7. The van der Waals surface area contributed by atoms with Crippen LogP contribution in [0, 0.1) is 11.8 Å². The summed E-state index contributed by atoms with van der Waals surface area (Å²) in [6.45, 7) is 0.593. The maximum atomic E-state index is 12.7. The number of rotatable bonds is 4. The lowest BCUT2D eigenvalue weighted by molar-refractivity contribution is -0.137. The molecule has 3 rings (SSSR count). The summed E-state index contributed by atoms with van der Waals surface area (Å²) in [6, 6.07) is 8.76. The summed E-state index contributed by atoms with van der Waals surface area (Å²) in [5.41, 5.74) is 8.63. The lowest BCUT2D eigenvalue weighted by Crippen LogP contribution is -2.46. The average Bonchev–Trinajstić information content (AvgIpc) is 3.31. The quantitative estimate of drug-likeness (QED) is 0.911. The van der Waals surface area contributed by atoms with Crippen LogP contribution in [-0.4, -0.2) is 30.4 Å². The lowest BCUT2D eigenvalue weighted by Gasteiger charge is -2.32. The van der Waals surface area contributed by atoms with Gasteiger partial charge in [0.05, 0.1) is 0 Å². The van der Waals surface area contributed by atoms with Gasteiger partial charge in [0.1, 0.15) is 0 Å². The zero-order valence-corrected chi connectivity index (χ0v) is 12.2. The highest BCUT2D eigenvalue weighted by molar-refractivity contribution is 5.79. The SMILES string of the molecule is CN(C(=O)C1CCc2ccccc2C1)C(CN)C1CC1. The van der Waals surface area contributed by atoms with Crippen LogP contribution in [0.25, 0.3) is 0 Å². The Labute approximate surface area is 121 Å². The van der Waals surface area contributed by atoms with Crippen molar-refractivity contribution in [2.45, 2.75) is 38.1 Å². The Kier molecular flexibility index (Phi) is 3.79. The van der Waals surface area contributed by atoms with Crippen LogP contribution in [0.2, 0.25) is 0 Å². The molecule has 2 aliphatic rings. The minimum absolute atomic E-state index is 0.141. The number of benzene rings is 1. The molecule has 1 aromatic carbocycles. The summed E-state index contributed by atoms with van der Waals surface area (Å²) in [6.07, 6.45) is 5.35. The van der Waals surface area contributed by atoms with Crippen molar-refractivity contribution in [3.63, 3.8) is 0 Å². The maximum Gasteiger partial charge on any atom is 0.226 e. The third kappa shape index (κ3) is 2.59. The van der Waals surface area contributed by atoms with Gasteiger partial charge in [-0.3, -0.25) is 4.79 Å². The predicted molar refractivity (Wildman–Crippen MR) is 80.3 cm³/mol. The number of amides is 1. The monoisotopic (exact) mass is 272 g/mol. The predicted octanol–water partition coefficient (Wildman–Crippen LogP) is 1.99. The van der Waals surface area contributed by atoms with Crippen LogP contribution in [-0.2, 0) is 17.6 Å². The Morgan fingerprint density at radius 3 is 2.65 bits per heavy atom. The van der Waals surface area contributed by atoms with Crippen molar-refractivity contribution >= 4 is 5.91 Å². The molecule has 3 nitrogen and oxygen atoms in total. The summed E-state index contributed by atoms with van der Waals surface area (Å²) in [5, 5.41) is 0. The van der Waals surface area contributed by atoms with Gasteiger partial charge in [-0.05, 0) is 49.1 Å². The molecule has 20 heavy (non-hydrogen) atoms. The van der Waals surface area contributed by atoms with E-state index in [1.807, 2.05) is 11.9 Å². The molecule has 1 saturated carbocycles. The van der Waals surface area contributed by atoms with Crippen LogP contribution in [0.3, 0.4) is 0 Å². The molecule has 1 amide bonds. The standard InChI is InChI=1S/C17H24N2O/c1-19(16(11-18)13-7-8-13)17(20)15-9-6-12-4-2-3-5-14(12)10-15/h2-5,13,15-16H,6-11,18H2,1H3. The minimum atomic E-state index is 0.141. The molecule has 2 unspecified atom stereocenters. The topological polar surface area (TPSA) is 46.3 Å². The molecule has 0 bridgehead atoms. The molecule has 1 fully saturated rings. The largest absolute Gasteiger partial charge is 0.341 e. The third-order valence-electron chi connectivity index (χ3n) is 4.95. The average molecular weight is 272 g/mol. The smallest absolute Gasteiger partial charge is 0.226 e. The van der Waals surface area contributed by atoms with Crippen LogP contribution in [0.1, 0.15) is 30.4 Å². The number of carbonyl (C=O) groups excluding carboxylic acids is 1. The number of hydrogen-bond donors (Lipinski definition) is 1. The van der Waals surface area contributed by atoms with Crippen molar-refractivity contribution in [3.8, 4) is 0 Å². The number of nitrogens with two attached hydrogens (primary N) is 1. The van der Waals surface area contributed by atoms with Crippen LogP contribution in [0.5, 0.6) is 0 Å². The molecule has 0 saturated heterocycles. The molecule has 2 aliphatic carbocycles. The number of hydrogen-bond acceptors (Lipinski definition) is 2. The second kappa shape index (κ2) is 5.57. The Morgan fingerprint density at radius 2 is 2.00 bits per heavy atom. The number of carbonyl (C=O) groups is 1. The number of nitrogens with zero attached hydrogens (tertiary/aromatic N) is 1. The van der Waals surface area contributed by atoms with E-state index in [1.54, 1.807) is 0 Å². The van der Waals surface area contributed by atoms with Gasteiger partial charge in [0.2, 0.25) is 5.91 Å². The summed E-state index contributed by atoms with van der Waals surface area (Å²) in [5.74, 6) is 1.08. The van der Waals surface area contributed by atoms with Crippen LogP contribution < -0.4 is 5.73 Å². The van der Waals surface area contributed by atoms with E-state index in [2.05, 4.69) is 24.3 Å². The van der Waals surface area contributed by atoms with Gasteiger partial charge in [0.15, 0.2) is 0 Å². The second-order valence-corrected chi connectivity index (χ2v) is 6.30. The Bertz CT molecular complexity index is 496. The minimum Gasteiger partial charge on any atom is -0.341 e. The molecule has 0 heterocycles. The van der Waals surface area contributed by atoms with Crippen LogP contribution in [0.4, 0.5) is 0 Å². The van der Waals surface area contributed by atoms with Crippen molar-refractivity contribution < 1.29 is 4.79 Å². The highest BCUT2D eigenvalue weighted by Gasteiger charge is 2.37. The molecule has 108 valence electrons. The van der Waals surface area contributed by atoms with E-state index in [0.717, 1.165) is 19.3 Å². The lowest BCUT2D eigenvalue weighted by atomic mass is 9.83. The molecule has 2 atom stereocenters. The fourth-order valence-electron chi connectivity index (χ4n) is 3.51. The fraction of sp³-hybridized carbons (Fsp3) is 0.588. The first-order valence-electron chi connectivity index (χ1n) is 7.74. The molecule has 2 N–H and O–H groups in total. The first kappa shape index (κ1) is 13.6. The molecule has 0 aliphatic heterocycles. The van der Waals surface area contributed by atoms with Crippen molar-refractivity contribution in [1.82, 2.24) is 4.90 Å². The Hall–Kier alpha value is -1.35. The molecule has 0 spiro atoms. The van der Waals surface area contributed by atoms with E-state index >= 15 is 0 Å². The molecule has 3 heteroatoms. The third-order valence-corrected chi connectivity index (χ3v) is 4.95. The molecule has 0 aromatic heterocycles. The molecular weight excluding hydrogens is 248 g/mol.